The van der Waals surface area contributed by atoms with Gasteiger partial charge in [0.15, 0.2) is 5.76 Å². The second-order valence-corrected chi connectivity index (χ2v) is 6.76. The summed E-state index contributed by atoms with van der Waals surface area (Å²) in [6.07, 6.45) is 2.96. The number of allylic oxidation sites excluding steroid dienone is 1. The normalized spacial score (nSPS) is 12.8. The molecule has 11 nitrogen and oxygen atoms in total. The van der Waals surface area contributed by atoms with Gasteiger partial charge in [-0.15, -0.1) is 10.2 Å². The Labute approximate surface area is 170 Å². The van der Waals surface area contributed by atoms with Crippen LogP contribution in [-0.4, -0.2) is 48.7 Å². The van der Waals surface area contributed by atoms with Crippen LogP contribution in [0.15, 0.2) is 32.5 Å². The molecule has 0 aromatic carbocycles. The number of aromatic nitrogens is 2. The maximum absolute atomic E-state index is 12.5. The molecule has 0 aliphatic rings. The van der Waals surface area contributed by atoms with Gasteiger partial charge in [0.2, 0.25) is 16.0 Å². The number of anilines is 2. The minimum atomic E-state index is -0.793. The quantitative estimate of drug-likeness (QED) is 0.513. The molecule has 0 spiro atoms. The Morgan fingerprint density at radius 2 is 2.21 bits per heavy atom. The highest BCUT2D eigenvalue weighted by Gasteiger charge is 2.19. The third kappa shape index (κ3) is 6.12. The van der Waals surface area contributed by atoms with Crippen LogP contribution in [0.2, 0.25) is 0 Å². The lowest BCUT2D eigenvalue weighted by molar-refractivity contribution is 0.0991. The van der Waals surface area contributed by atoms with Gasteiger partial charge >= 0.3 is 5.63 Å². The van der Waals surface area contributed by atoms with E-state index < -0.39 is 11.5 Å². The zero-order chi connectivity index (χ0) is 21.4. The van der Waals surface area contributed by atoms with Gasteiger partial charge in [0.05, 0.1) is 19.4 Å². The number of carbonyl (C=O) groups excluding carboxylic acids is 1. The van der Waals surface area contributed by atoms with Crippen molar-refractivity contribution in [2.24, 2.45) is 10.7 Å². The molecular formula is C17H22N6O5S. The van der Waals surface area contributed by atoms with E-state index in [9.17, 15) is 9.59 Å². The number of rotatable bonds is 9. The molecule has 0 saturated heterocycles. The molecule has 0 aliphatic heterocycles. The van der Waals surface area contributed by atoms with Crippen molar-refractivity contribution in [3.8, 4) is 5.75 Å². The van der Waals surface area contributed by atoms with Crippen LogP contribution in [0.3, 0.4) is 0 Å². The maximum atomic E-state index is 12.5. The van der Waals surface area contributed by atoms with Gasteiger partial charge in [0, 0.05) is 24.9 Å². The van der Waals surface area contributed by atoms with Gasteiger partial charge in [-0.05, 0) is 26.1 Å². The van der Waals surface area contributed by atoms with Crippen LogP contribution in [0.4, 0.5) is 16.0 Å². The molecule has 29 heavy (non-hydrogen) atoms. The van der Waals surface area contributed by atoms with E-state index >= 15 is 0 Å². The number of amides is 1. The molecule has 0 fully saturated rings. The Morgan fingerprint density at radius 1 is 1.45 bits per heavy atom. The summed E-state index contributed by atoms with van der Waals surface area (Å²) in [5, 5.41) is 13.8. The highest BCUT2D eigenvalue weighted by molar-refractivity contribution is 7.18. The summed E-state index contributed by atoms with van der Waals surface area (Å²) in [5.74, 6) is -0.927. The van der Waals surface area contributed by atoms with E-state index in [-0.39, 0.29) is 22.7 Å². The van der Waals surface area contributed by atoms with Crippen molar-refractivity contribution in [1.82, 2.24) is 10.2 Å². The molecule has 0 bridgehead atoms. The number of aliphatic imine (C=N–C) groups is 1. The third-order valence-corrected chi connectivity index (χ3v) is 4.13. The summed E-state index contributed by atoms with van der Waals surface area (Å²) in [5.41, 5.74) is 5.45. The van der Waals surface area contributed by atoms with Gasteiger partial charge in [-0.25, -0.2) is 9.79 Å². The fourth-order valence-corrected chi connectivity index (χ4v) is 2.92. The van der Waals surface area contributed by atoms with Crippen molar-refractivity contribution < 1.29 is 18.7 Å². The topological polar surface area (TPSA) is 154 Å². The monoisotopic (exact) mass is 422 g/mol. The second-order valence-electron chi connectivity index (χ2n) is 5.80. The first-order chi connectivity index (χ1) is 13.9. The Morgan fingerprint density at radius 3 is 2.86 bits per heavy atom. The predicted octanol–water partition coefficient (Wildman–Crippen LogP) is 1.76. The maximum Gasteiger partial charge on any atom is 0.381 e. The molecule has 2 aromatic rings. The van der Waals surface area contributed by atoms with Crippen LogP contribution in [0.1, 0.15) is 24.4 Å². The average Bonchev–Trinajstić information content (AvgIpc) is 3.08. The molecule has 2 rings (SSSR count). The number of methoxy groups -OCH3 is 2. The Kier molecular flexibility index (Phi) is 7.86. The Bertz CT molecular complexity index is 967. The van der Waals surface area contributed by atoms with E-state index in [0.29, 0.717) is 23.1 Å². The molecule has 0 saturated carbocycles. The van der Waals surface area contributed by atoms with Crippen LogP contribution < -0.4 is 26.7 Å². The highest BCUT2D eigenvalue weighted by Crippen LogP contribution is 2.25. The van der Waals surface area contributed by atoms with Crippen LogP contribution >= 0.6 is 11.3 Å². The van der Waals surface area contributed by atoms with E-state index in [4.69, 9.17) is 19.6 Å². The lowest BCUT2D eigenvalue weighted by Gasteiger charge is -2.16. The van der Waals surface area contributed by atoms with Crippen LogP contribution in [0.5, 0.6) is 5.75 Å². The fourth-order valence-electron chi connectivity index (χ4n) is 2.25. The van der Waals surface area contributed by atoms with Gasteiger partial charge in [0.1, 0.15) is 0 Å². The minimum Gasteiger partial charge on any atom is -0.488 e. The summed E-state index contributed by atoms with van der Waals surface area (Å²) >= 11 is 1.05. The molecule has 0 unspecified atom stereocenters. The molecule has 1 atom stereocenters. The zero-order valence-corrected chi connectivity index (χ0v) is 17.2. The molecule has 0 aliphatic carbocycles. The van der Waals surface area contributed by atoms with Gasteiger partial charge in [-0.3, -0.25) is 10.1 Å². The summed E-state index contributed by atoms with van der Waals surface area (Å²) in [4.78, 5) is 28.9. The van der Waals surface area contributed by atoms with E-state index in [1.54, 1.807) is 20.1 Å². The summed E-state index contributed by atoms with van der Waals surface area (Å²) in [7, 11) is 2.89. The molecule has 4 N–H and O–H groups in total. The molecule has 1 amide bonds. The van der Waals surface area contributed by atoms with Crippen molar-refractivity contribution in [1.29, 1.82) is 0 Å². The van der Waals surface area contributed by atoms with E-state index in [2.05, 4.69) is 25.8 Å². The van der Waals surface area contributed by atoms with Crippen LogP contribution in [0, 0.1) is 0 Å². The number of hydrogen-bond acceptors (Lipinski definition) is 11. The Hall–Kier alpha value is -3.25. The lowest BCUT2D eigenvalue weighted by atomic mass is 10.2. The Balaban J connectivity index is 2.22. The van der Waals surface area contributed by atoms with Crippen molar-refractivity contribution in [2.75, 3.05) is 31.5 Å². The van der Waals surface area contributed by atoms with E-state index in [0.717, 1.165) is 11.3 Å². The number of nitrogens with zero attached hydrogens (tertiary/aromatic N) is 3. The molecule has 156 valence electrons. The van der Waals surface area contributed by atoms with E-state index in [1.807, 2.05) is 6.92 Å². The minimum absolute atomic E-state index is 0.0412. The van der Waals surface area contributed by atoms with Gasteiger partial charge in [-0.2, -0.15) is 0 Å². The second kappa shape index (κ2) is 10.3. The summed E-state index contributed by atoms with van der Waals surface area (Å²) in [6.45, 7) is 3.98. The largest absolute Gasteiger partial charge is 0.488 e. The van der Waals surface area contributed by atoms with Crippen molar-refractivity contribution in [3.63, 3.8) is 0 Å². The average molecular weight is 422 g/mol. The summed E-state index contributed by atoms with van der Waals surface area (Å²) < 4.78 is 15.2. The first-order valence-electron chi connectivity index (χ1n) is 8.44. The van der Waals surface area contributed by atoms with Crippen molar-refractivity contribution in [3.05, 3.63) is 34.5 Å². The van der Waals surface area contributed by atoms with Crippen molar-refractivity contribution in [2.45, 2.75) is 19.9 Å². The van der Waals surface area contributed by atoms with E-state index in [1.165, 1.54) is 19.4 Å². The number of ether oxygens (including phenoxy) is 2. The number of nitrogens with two attached hydrogens (primary N) is 1. The predicted molar refractivity (Wildman–Crippen MR) is 110 cm³/mol. The SMILES string of the molecule is COC[C@@H](C)Nc1cc(C(=O)Nc2nnc(/N=C(C)/C=C\N)s2)oc(=O)c1OC. The molecular weight excluding hydrogens is 400 g/mol. The van der Waals surface area contributed by atoms with Gasteiger partial charge in [-0.1, -0.05) is 11.3 Å². The van der Waals surface area contributed by atoms with Gasteiger partial charge < -0.3 is 24.9 Å². The fraction of sp³-hybridized carbons (Fsp3) is 0.353. The molecule has 12 heteroatoms. The van der Waals surface area contributed by atoms with Crippen molar-refractivity contribution >= 4 is 38.9 Å². The molecule has 2 aromatic heterocycles. The number of hydrogen-bond donors (Lipinski definition) is 3. The third-order valence-electron chi connectivity index (χ3n) is 3.40. The molecule has 2 heterocycles. The first-order valence-corrected chi connectivity index (χ1v) is 9.25. The smallest absolute Gasteiger partial charge is 0.381 e. The zero-order valence-electron chi connectivity index (χ0n) is 16.4. The van der Waals surface area contributed by atoms with Crippen LogP contribution in [-0.2, 0) is 4.74 Å². The van der Waals surface area contributed by atoms with Crippen LogP contribution in [0.25, 0.3) is 0 Å². The highest BCUT2D eigenvalue weighted by atomic mass is 32.1. The molecule has 0 radical (unpaired) electrons. The van der Waals surface area contributed by atoms with Gasteiger partial charge in [0.25, 0.3) is 5.91 Å². The lowest BCUT2D eigenvalue weighted by Crippen LogP contribution is -2.23. The first kappa shape index (κ1) is 22.0. The standard InChI is InChI=1S/C17H22N6O5S/c1-9(5-6-18)20-16-22-23-17(29-16)21-14(24)12-7-11(19-10(2)8-26-3)13(27-4)15(25)28-12/h5-7,10,19H,8,18H2,1-4H3,(H,21,23,24)/b6-5-,20-9+/t10-/m1/s1. The summed E-state index contributed by atoms with van der Waals surface area (Å²) in [6, 6.07) is 1.24. The number of carbonyl (C=O) groups is 1. The number of nitrogens with one attached hydrogen (secondary N) is 2.